The second kappa shape index (κ2) is 13.8. The van der Waals surface area contributed by atoms with Crippen molar-refractivity contribution < 1.29 is 43.2 Å². The average Bonchev–Trinajstić information content (AvgIpc) is 2.82. The number of carbonyl (C=O) groups is 4. The molecule has 0 bridgehead atoms. The molecule has 10 heteroatoms. The van der Waals surface area contributed by atoms with E-state index in [1.54, 1.807) is 54.5 Å². The zero-order chi connectivity index (χ0) is 29.4. The van der Waals surface area contributed by atoms with Crippen LogP contribution in [-0.2, 0) is 30.3 Å². The second-order valence-corrected chi connectivity index (χ2v) is 12.1. The molecule has 39 heavy (non-hydrogen) atoms. The summed E-state index contributed by atoms with van der Waals surface area (Å²) in [4.78, 5) is 49.1. The summed E-state index contributed by atoms with van der Waals surface area (Å²) >= 11 is 0. The van der Waals surface area contributed by atoms with E-state index in [2.05, 4.69) is 5.32 Å². The van der Waals surface area contributed by atoms with E-state index in [4.69, 9.17) is 18.9 Å². The van der Waals surface area contributed by atoms with E-state index in [1.165, 1.54) is 12.1 Å². The molecule has 2 rings (SSSR count). The highest BCUT2D eigenvalue weighted by molar-refractivity contribution is 5.81. The molecule has 1 aliphatic rings. The predicted octanol–water partition coefficient (Wildman–Crippen LogP) is 5.05. The van der Waals surface area contributed by atoms with Crippen molar-refractivity contribution in [2.45, 2.75) is 105 Å². The summed E-state index contributed by atoms with van der Waals surface area (Å²) in [5, 5.41) is 12.7. The van der Waals surface area contributed by atoms with Crippen molar-refractivity contribution in [3.63, 3.8) is 0 Å². The molecule has 2 atom stereocenters. The van der Waals surface area contributed by atoms with Crippen molar-refractivity contribution in [1.82, 2.24) is 5.32 Å². The average molecular weight is 550 g/mol. The molecule has 0 amide bonds. The fraction of sp³-hybridized carbons (Fsp3) is 0.655. The van der Waals surface area contributed by atoms with Gasteiger partial charge in [0.15, 0.2) is 11.5 Å². The van der Waals surface area contributed by atoms with Crippen LogP contribution in [0.1, 0.15) is 86.1 Å². The molecule has 1 aromatic carbocycles. The quantitative estimate of drug-likeness (QED) is 0.301. The smallest absolute Gasteiger partial charge is 0.480 e. The van der Waals surface area contributed by atoms with Gasteiger partial charge >= 0.3 is 24.1 Å². The van der Waals surface area contributed by atoms with Gasteiger partial charge in [-0.2, -0.15) is 0 Å². The van der Waals surface area contributed by atoms with Crippen LogP contribution in [0.3, 0.4) is 0 Å². The number of carboxylic acid groups (broad SMARTS) is 1. The molecule has 1 aromatic rings. The third-order valence-electron chi connectivity index (χ3n) is 6.14. The summed E-state index contributed by atoms with van der Waals surface area (Å²) in [6.45, 7) is 11.9. The lowest BCUT2D eigenvalue weighted by atomic mass is 9.97. The molecule has 10 nitrogen and oxygen atoms in total. The fourth-order valence-electron chi connectivity index (χ4n) is 3.69. The first kappa shape index (κ1) is 32.1. The molecule has 1 unspecified atom stereocenters. The largest absolute Gasteiger partial charge is 0.508 e. The Morgan fingerprint density at radius 3 is 2.03 bits per heavy atom. The number of nitrogens with one attached hydrogen (secondary N) is 1. The van der Waals surface area contributed by atoms with Crippen molar-refractivity contribution in [2.24, 2.45) is 10.8 Å². The van der Waals surface area contributed by atoms with Gasteiger partial charge in [-0.25, -0.2) is 4.79 Å². The van der Waals surface area contributed by atoms with Crippen molar-refractivity contribution in [2.75, 3.05) is 6.54 Å². The van der Waals surface area contributed by atoms with E-state index >= 15 is 0 Å². The third kappa shape index (κ3) is 10.9. The zero-order valence-electron chi connectivity index (χ0n) is 24.1. The predicted molar refractivity (Wildman–Crippen MR) is 144 cm³/mol. The van der Waals surface area contributed by atoms with Crippen molar-refractivity contribution in [3.8, 4) is 11.5 Å². The van der Waals surface area contributed by atoms with E-state index in [0.29, 0.717) is 5.56 Å². The van der Waals surface area contributed by atoms with Crippen LogP contribution in [0, 0.1) is 10.8 Å². The normalized spacial score (nSPS) is 16.1. The number of ether oxygens (including phenoxy) is 4. The van der Waals surface area contributed by atoms with Crippen LogP contribution >= 0.6 is 0 Å². The molecule has 0 radical (unpaired) electrons. The number of aliphatic carboxylic acids is 1. The second-order valence-electron chi connectivity index (χ2n) is 12.1. The summed E-state index contributed by atoms with van der Waals surface area (Å²) < 4.78 is 21.7. The van der Waals surface area contributed by atoms with Gasteiger partial charge in [0.1, 0.15) is 18.2 Å². The molecule has 1 aliphatic carbocycles. The molecule has 0 saturated heterocycles. The SMILES string of the molecule is CC(CN[C@@H](Cc1ccc(OC(=O)C(C)(C)C)c(OC(=O)C(C)(C)C)c1)C(=O)O)OC(=O)OC1CCCCC1. The standard InChI is InChI=1S/C29H43NO9/c1-18(36-27(35)37-20-11-9-8-10-12-20)17-30-21(24(31)32)15-19-13-14-22(38-25(33)28(2,3)4)23(16-19)39-26(34)29(5,6)7/h13-14,16,18,20-21,30H,8-12,15,17H2,1-7H3,(H,31,32)/t18?,21-/m0/s1. The summed E-state index contributed by atoms with van der Waals surface area (Å²) in [5.74, 6) is -2.06. The lowest BCUT2D eigenvalue weighted by Crippen LogP contribution is -2.43. The van der Waals surface area contributed by atoms with Crippen LogP contribution < -0.4 is 14.8 Å². The number of hydrogen-bond acceptors (Lipinski definition) is 9. The molecule has 2 N–H and O–H groups in total. The first-order valence-electron chi connectivity index (χ1n) is 13.5. The van der Waals surface area contributed by atoms with Crippen molar-refractivity contribution in [3.05, 3.63) is 23.8 Å². The maximum absolute atomic E-state index is 12.6. The van der Waals surface area contributed by atoms with Gasteiger partial charge in [-0.1, -0.05) is 12.5 Å². The minimum absolute atomic E-state index is 0.0244. The van der Waals surface area contributed by atoms with Gasteiger partial charge in [0, 0.05) is 6.54 Å². The van der Waals surface area contributed by atoms with Gasteiger partial charge in [-0.15, -0.1) is 0 Å². The van der Waals surface area contributed by atoms with Gasteiger partial charge in [-0.3, -0.25) is 14.4 Å². The summed E-state index contributed by atoms with van der Waals surface area (Å²) in [6.07, 6.45) is 3.34. The molecular weight excluding hydrogens is 506 g/mol. The number of rotatable bonds is 10. The Balaban J connectivity index is 2.08. The van der Waals surface area contributed by atoms with Crippen LogP contribution in [0.4, 0.5) is 4.79 Å². The van der Waals surface area contributed by atoms with Gasteiger partial charge in [0.2, 0.25) is 0 Å². The number of benzene rings is 1. The van der Waals surface area contributed by atoms with Crippen molar-refractivity contribution >= 4 is 24.1 Å². The zero-order valence-corrected chi connectivity index (χ0v) is 24.1. The first-order valence-corrected chi connectivity index (χ1v) is 13.5. The summed E-state index contributed by atoms with van der Waals surface area (Å²) in [6, 6.07) is 3.56. The number of hydrogen-bond donors (Lipinski definition) is 2. The fourth-order valence-corrected chi connectivity index (χ4v) is 3.69. The molecule has 0 spiro atoms. The minimum Gasteiger partial charge on any atom is -0.480 e. The van der Waals surface area contributed by atoms with E-state index < -0.39 is 47.0 Å². The minimum atomic E-state index is -1.11. The van der Waals surface area contributed by atoms with Crippen LogP contribution in [0.5, 0.6) is 11.5 Å². The lowest BCUT2D eigenvalue weighted by Gasteiger charge is -2.23. The molecule has 0 heterocycles. The maximum atomic E-state index is 12.6. The van der Waals surface area contributed by atoms with Crippen LogP contribution in [0.15, 0.2) is 18.2 Å². The van der Waals surface area contributed by atoms with E-state index in [-0.39, 0.29) is 30.6 Å². The summed E-state index contributed by atoms with van der Waals surface area (Å²) in [5.41, 5.74) is -1.07. The molecule has 0 aromatic heterocycles. The Labute approximate surface area is 230 Å². The maximum Gasteiger partial charge on any atom is 0.508 e. The molecule has 1 saturated carbocycles. The Morgan fingerprint density at radius 1 is 0.923 bits per heavy atom. The van der Waals surface area contributed by atoms with Gasteiger partial charge in [0.25, 0.3) is 0 Å². The van der Waals surface area contributed by atoms with E-state index in [9.17, 15) is 24.3 Å². The monoisotopic (exact) mass is 549 g/mol. The first-order chi connectivity index (χ1) is 18.1. The van der Waals surface area contributed by atoms with Gasteiger partial charge < -0.3 is 29.4 Å². The Kier molecular flexibility index (Phi) is 11.3. The number of esters is 2. The summed E-state index contributed by atoms with van der Waals surface area (Å²) in [7, 11) is 0. The molecule has 0 aliphatic heterocycles. The Bertz CT molecular complexity index is 1020. The van der Waals surface area contributed by atoms with E-state index in [1.807, 2.05) is 0 Å². The third-order valence-corrected chi connectivity index (χ3v) is 6.14. The number of carboxylic acids is 1. The Morgan fingerprint density at radius 2 is 1.49 bits per heavy atom. The topological polar surface area (TPSA) is 137 Å². The van der Waals surface area contributed by atoms with Gasteiger partial charge in [-0.05, 0) is 98.3 Å². The molecular formula is C29H43NO9. The van der Waals surface area contributed by atoms with Crippen molar-refractivity contribution in [1.29, 1.82) is 0 Å². The Hall–Kier alpha value is -3.14. The number of carbonyl (C=O) groups excluding carboxylic acids is 3. The molecule has 1 fully saturated rings. The van der Waals surface area contributed by atoms with Gasteiger partial charge in [0.05, 0.1) is 10.8 Å². The van der Waals surface area contributed by atoms with Crippen LogP contribution in [0.2, 0.25) is 0 Å². The van der Waals surface area contributed by atoms with Crippen LogP contribution in [-0.4, -0.2) is 54.0 Å². The highest BCUT2D eigenvalue weighted by Crippen LogP contribution is 2.33. The lowest BCUT2D eigenvalue weighted by molar-refractivity contribution is -0.145. The highest BCUT2D eigenvalue weighted by Gasteiger charge is 2.29. The highest BCUT2D eigenvalue weighted by atomic mass is 16.7. The molecule has 218 valence electrons. The van der Waals surface area contributed by atoms with E-state index in [0.717, 1.165) is 32.1 Å². The van der Waals surface area contributed by atoms with Crippen LogP contribution in [0.25, 0.3) is 0 Å².